The van der Waals surface area contributed by atoms with Crippen LogP contribution in [-0.4, -0.2) is 68.3 Å². The summed E-state index contributed by atoms with van der Waals surface area (Å²) < 4.78 is 5.37. The molecule has 0 bridgehead atoms. The van der Waals surface area contributed by atoms with Gasteiger partial charge in [0.05, 0.1) is 0 Å². The Labute approximate surface area is 169 Å². The zero-order valence-corrected chi connectivity index (χ0v) is 17.8. The average Bonchev–Trinajstić information content (AvgIpc) is 2.64. The number of pyridine rings is 1. The van der Waals surface area contributed by atoms with Gasteiger partial charge >= 0.3 is 0 Å². The molecule has 1 N–H and O–H groups in total. The Kier molecular flexibility index (Phi) is 11.6. The number of hydrogen-bond acceptors (Lipinski definition) is 4. The van der Waals surface area contributed by atoms with E-state index in [1.165, 1.54) is 0 Å². The molecule has 0 aromatic carbocycles. The van der Waals surface area contributed by atoms with Crippen LogP contribution in [0.15, 0.2) is 29.4 Å². The van der Waals surface area contributed by atoms with Crippen molar-refractivity contribution in [3.05, 3.63) is 24.4 Å². The third-order valence-electron chi connectivity index (χ3n) is 4.05. The summed E-state index contributed by atoms with van der Waals surface area (Å²) in [4.78, 5) is 13.9. The van der Waals surface area contributed by atoms with Crippen LogP contribution in [0.4, 0.5) is 5.82 Å². The molecule has 7 heteroatoms. The van der Waals surface area contributed by atoms with Gasteiger partial charge in [0, 0.05) is 58.7 Å². The number of hydrogen-bond donors (Lipinski definition) is 1. The van der Waals surface area contributed by atoms with Crippen LogP contribution in [0.2, 0.25) is 0 Å². The van der Waals surface area contributed by atoms with Crippen molar-refractivity contribution in [3.8, 4) is 0 Å². The van der Waals surface area contributed by atoms with E-state index in [4.69, 9.17) is 9.73 Å². The molecule has 1 aliphatic rings. The first-order valence-corrected chi connectivity index (χ1v) is 9.12. The summed E-state index contributed by atoms with van der Waals surface area (Å²) in [5.74, 6) is 2.10. The Bertz CT molecular complexity index is 478. The van der Waals surface area contributed by atoms with Gasteiger partial charge in [-0.3, -0.25) is 4.99 Å². The zero-order valence-electron chi connectivity index (χ0n) is 15.5. The van der Waals surface area contributed by atoms with E-state index in [1.54, 1.807) is 0 Å². The van der Waals surface area contributed by atoms with Gasteiger partial charge in [0.1, 0.15) is 5.82 Å². The molecule has 0 amide bonds. The SMILES string of the molecule is CCNC(=NCCCCOCC)N1CCN(c2ccccn2)CC1.I. The van der Waals surface area contributed by atoms with Gasteiger partial charge in [-0.15, -0.1) is 24.0 Å². The topological polar surface area (TPSA) is 53.0 Å². The van der Waals surface area contributed by atoms with Crippen molar-refractivity contribution in [3.63, 3.8) is 0 Å². The Morgan fingerprint density at radius 1 is 1.20 bits per heavy atom. The third-order valence-corrected chi connectivity index (χ3v) is 4.05. The Morgan fingerprint density at radius 3 is 2.64 bits per heavy atom. The van der Waals surface area contributed by atoms with Gasteiger partial charge in [-0.05, 0) is 38.8 Å². The number of ether oxygens (including phenoxy) is 1. The van der Waals surface area contributed by atoms with E-state index in [9.17, 15) is 0 Å². The third kappa shape index (κ3) is 7.77. The second-order valence-electron chi connectivity index (χ2n) is 5.80. The lowest BCUT2D eigenvalue weighted by molar-refractivity contribution is 0.144. The van der Waals surface area contributed by atoms with Gasteiger partial charge in [0.2, 0.25) is 0 Å². The molecule has 0 unspecified atom stereocenters. The number of aliphatic imine (C=N–C) groups is 1. The number of aromatic nitrogens is 1. The van der Waals surface area contributed by atoms with Crippen LogP contribution in [0.5, 0.6) is 0 Å². The van der Waals surface area contributed by atoms with E-state index in [-0.39, 0.29) is 24.0 Å². The maximum absolute atomic E-state index is 5.37. The van der Waals surface area contributed by atoms with Crippen molar-refractivity contribution in [1.82, 2.24) is 15.2 Å². The summed E-state index contributed by atoms with van der Waals surface area (Å²) in [7, 11) is 0. The molecule has 2 rings (SSSR count). The predicted molar refractivity (Wildman–Crippen MR) is 115 cm³/mol. The fourth-order valence-corrected chi connectivity index (χ4v) is 2.76. The minimum atomic E-state index is 0. The lowest BCUT2D eigenvalue weighted by Crippen LogP contribution is -2.52. The Hall–Kier alpha value is -1.09. The van der Waals surface area contributed by atoms with Crippen molar-refractivity contribution in [2.75, 3.05) is 57.4 Å². The molecule has 142 valence electrons. The molecule has 1 aliphatic heterocycles. The molecule has 2 heterocycles. The van der Waals surface area contributed by atoms with Crippen molar-refractivity contribution in [2.45, 2.75) is 26.7 Å². The van der Waals surface area contributed by atoms with Gasteiger partial charge in [-0.25, -0.2) is 4.98 Å². The zero-order chi connectivity index (χ0) is 17.0. The summed E-state index contributed by atoms with van der Waals surface area (Å²) in [5, 5.41) is 3.42. The summed E-state index contributed by atoms with van der Waals surface area (Å²) in [6.45, 7) is 11.5. The molecular weight excluding hydrogens is 429 g/mol. The highest BCUT2D eigenvalue weighted by Crippen LogP contribution is 2.12. The van der Waals surface area contributed by atoms with E-state index in [1.807, 2.05) is 25.3 Å². The van der Waals surface area contributed by atoms with Crippen molar-refractivity contribution in [1.29, 1.82) is 0 Å². The normalized spacial score (nSPS) is 15.0. The summed E-state index contributed by atoms with van der Waals surface area (Å²) >= 11 is 0. The van der Waals surface area contributed by atoms with Crippen LogP contribution in [-0.2, 0) is 4.74 Å². The van der Waals surface area contributed by atoms with E-state index < -0.39 is 0 Å². The maximum Gasteiger partial charge on any atom is 0.194 e. The average molecular weight is 461 g/mol. The van der Waals surface area contributed by atoms with Crippen LogP contribution < -0.4 is 10.2 Å². The number of nitrogens with zero attached hydrogens (tertiary/aromatic N) is 4. The van der Waals surface area contributed by atoms with Crippen LogP contribution in [0.25, 0.3) is 0 Å². The number of nitrogens with one attached hydrogen (secondary N) is 1. The van der Waals surface area contributed by atoms with Crippen LogP contribution in [0.3, 0.4) is 0 Å². The van der Waals surface area contributed by atoms with Crippen LogP contribution >= 0.6 is 24.0 Å². The minimum absolute atomic E-state index is 0. The van der Waals surface area contributed by atoms with E-state index in [0.717, 1.165) is 77.1 Å². The molecule has 0 atom stereocenters. The number of unbranched alkanes of at least 4 members (excludes halogenated alkanes) is 1. The highest BCUT2D eigenvalue weighted by atomic mass is 127. The highest BCUT2D eigenvalue weighted by Gasteiger charge is 2.20. The number of rotatable bonds is 8. The molecule has 1 fully saturated rings. The Morgan fingerprint density at radius 2 is 2.00 bits per heavy atom. The van der Waals surface area contributed by atoms with Crippen molar-refractivity contribution in [2.24, 2.45) is 4.99 Å². The second kappa shape index (κ2) is 13.2. The maximum atomic E-state index is 5.37. The summed E-state index contributed by atoms with van der Waals surface area (Å²) in [6.07, 6.45) is 4.00. The molecule has 0 aliphatic carbocycles. The molecule has 6 nitrogen and oxygen atoms in total. The van der Waals surface area contributed by atoms with E-state index in [2.05, 4.69) is 33.1 Å². The fraction of sp³-hybridized carbons (Fsp3) is 0.667. The lowest BCUT2D eigenvalue weighted by atomic mass is 10.3. The summed E-state index contributed by atoms with van der Waals surface area (Å²) in [6, 6.07) is 6.08. The molecule has 25 heavy (non-hydrogen) atoms. The van der Waals surface area contributed by atoms with Gasteiger partial charge in [-0.2, -0.15) is 0 Å². The number of guanidine groups is 1. The van der Waals surface area contributed by atoms with Gasteiger partial charge in [-0.1, -0.05) is 6.07 Å². The number of piperazine rings is 1. The smallest absolute Gasteiger partial charge is 0.194 e. The molecule has 1 saturated heterocycles. The molecule has 1 aromatic rings. The largest absolute Gasteiger partial charge is 0.382 e. The molecule has 0 spiro atoms. The van der Waals surface area contributed by atoms with Crippen molar-refractivity contribution >= 4 is 35.8 Å². The quantitative estimate of drug-likeness (QED) is 0.279. The standard InChI is InChI=1S/C18H31N5O.HI/c1-3-19-18(21-11-7-8-16-24-4-2)23-14-12-22(13-15-23)17-9-5-6-10-20-17;/h5-6,9-10H,3-4,7-8,11-16H2,1-2H3,(H,19,21);1H. The minimum Gasteiger partial charge on any atom is -0.382 e. The van der Waals surface area contributed by atoms with Crippen LogP contribution in [0.1, 0.15) is 26.7 Å². The predicted octanol–water partition coefficient (Wildman–Crippen LogP) is 2.60. The molecular formula is C18H32IN5O. The summed E-state index contributed by atoms with van der Waals surface area (Å²) in [5.41, 5.74) is 0. The Balaban J connectivity index is 0.00000312. The molecule has 1 aromatic heterocycles. The van der Waals surface area contributed by atoms with Crippen molar-refractivity contribution < 1.29 is 4.74 Å². The first-order chi connectivity index (χ1) is 11.8. The first kappa shape index (κ1) is 22.0. The fourth-order valence-electron chi connectivity index (χ4n) is 2.76. The van der Waals surface area contributed by atoms with E-state index in [0.29, 0.717) is 0 Å². The van der Waals surface area contributed by atoms with Gasteiger partial charge in [0.25, 0.3) is 0 Å². The van der Waals surface area contributed by atoms with Crippen LogP contribution in [0, 0.1) is 0 Å². The van der Waals surface area contributed by atoms with Gasteiger partial charge in [0.15, 0.2) is 5.96 Å². The molecule has 0 saturated carbocycles. The number of halogens is 1. The van der Waals surface area contributed by atoms with Gasteiger partial charge < -0.3 is 19.9 Å². The van der Waals surface area contributed by atoms with E-state index >= 15 is 0 Å². The first-order valence-electron chi connectivity index (χ1n) is 9.12. The second-order valence-corrected chi connectivity index (χ2v) is 5.80. The number of anilines is 1. The lowest BCUT2D eigenvalue weighted by Gasteiger charge is -2.37. The molecule has 0 radical (unpaired) electrons. The monoisotopic (exact) mass is 461 g/mol. The highest BCUT2D eigenvalue weighted by molar-refractivity contribution is 14.0.